The van der Waals surface area contributed by atoms with E-state index in [1.165, 1.54) is 0 Å². The molecule has 8 heteroatoms. The Hall–Kier alpha value is -3.08. The molecule has 1 aliphatic rings. The van der Waals surface area contributed by atoms with Gasteiger partial charge in [0.2, 0.25) is 0 Å². The second kappa shape index (κ2) is 11.1. The molecule has 8 nitrogen and oxygen atoms in total. The van der Waals surface area contributed by atoms with E-state index in [4.69, 9.17) is 9.47 Å². The van der Waals surface area contributed by atoms with Crippen molar-refractivity contribution in [1.82, 2.24) is 10.6 Å². The van der Waals surface area contributed by atoms with Gasteiger partial charge in [0.25, 0.3) is 11.8 Å². The van der Waals surface area contributed by atoms with Crippen molar-refractivity contribution in [3.8, 4) is 11.8 Å². The Labute approximate surface area is 170 Å². The Morgan fingerprint density at radius 1 is 1.17 bits per heavy atom. The quantitative estimate of drug-likeness (QED) is 0.458. The van der Waals surface area contributed by atoms with E-state index in [-0.39, 0.29) is 6.54 Å². The molecule has 0 radical (unpaired) electrons. The van der Waals surface area contributed by atoms with Crippen molar-refractivity contribution < 1.29 is 23.9 Å². The van der Waals surface area contributed by atoms with Gasteiger partial charge in [-0.05, 0) is 56.4 Å². The summed E-state index contributed by atoms with van der Waals surface area (Å²) in [5.74, 6) is -1.00. The Bertz CT molecular complexity index is 749. The fourth-order valence-electron chi connectivity index (χ4n) is 3.03. The standard InChI is InChI=1S/C21H27N3O5/c1-2-3-12-28-17-8-6-16(7-9-17)20(27)23-13-19(26)29-14-18(25)24-21(15-22)10-4-5-11-21/h6-9H,2-5,10-14H2,1H3,(H,23,27)(H,24,25). The van der Waals surface area contributed by atoms with Gasteiger partial charge < -0.3 is 20.1 Å². The molecule has 29 heavy (non-hydrogen) atoms. The fraction of sp³-hybridized carbons (Fsp3) is 0.524. The van der Waals surface area contributed by atoms with Crippen LogP contribution in [0.25, 0.3) is 0 Å². The SMILES string of the molecule is CCCCOc1ccc(C(=O)NCC(=O)OCC(=O)NC2(C#N)CCCC2)cc1. The van der Waals surface area contributed by atoms with Gasteiger partial charge in [-0.3, -0.25) is 14.4 Å². The third-order valence-corrected chi connectivity index (χ3v) is 4.69. The van der Waals surface area contributed by atoms with E-state index >= 15 is 0 Å². The zero-order valence-corrected chi connectivity index (χ0v) is 16.7. The van der Waals surface area contributed by atoms with Gasteiger partial charge in [0, 0.05) is 5.56 Å². The number of carbonyl (C=O) groups excluding carboxylic acids is 3. The van der Waals surface area contributed by atoms with Crippen LogP contribution in [-0.2, 0) is 14.3 Å². The molecule has 0 saturated heterocycles. The van der Waals surface area contributed by atoms with Gasteiger partial charge in [-0.2, -0.15) is 5.26 Å². The van der Waals surface area contributed by atoms with Crippen molar-refractivity contribution in [3.63, 3.8) is 0 Å². The molecule has 156 valence electrons. The molecule has 0 unspecified atom stereocenters. The summed E-state index contributed by atoms with van der Waals surface area (Å²) in [6, 6.07) is 8.74. The molecule has 2 rings (SSSR count). The maximum atomic E-state index is 12.1. The van der Waals surface area contributed by atoms with E-state index in [9.17, 15) is 19.6 Å². The molecule has 0 spiro atoms. The number of nitrogens with zero attached hydrogens (tertiary/aromatic N) is 1. The first-order valence-corrected chi connectivity index (χ1v) is 9.87. The van der Waals surface area contributed by atoms with Crippen molar-refractivity contribution in [2.24, 2.45) is 0 Å². The molecular weight excluding hydrogens is 374 g/mol. The molecule has 0 atom stereocenters. The monoisotopic (exact) mass is 401 g/mol. The van der Waals surface area contributed by atoms with Crippen LogP contribution in [-0.4, -0.2) is 43.1 Å². The summed E-state index contributed by atoms with van der Waals surface area (Å²) in [4.78, 5) is 35.8. The number of carbonyl (C=O) groups is 3. The summed E-state index contributed by atoms with van der Waals surface area (Å²) in [5.41, 5.74) is -0.472. The molecule has 0 heterocycles. The molecule has 0 bridgehead atoms. The largest absolute Gasteiger partial charge is 0.494 e. The molecule has 2 amide bonds. The predicted molar refractivity (Wildman–Crippen MR) is 105 cm³/mol. The predicted octanol–water partition coefficient (Wildman–Crippen LogP) is 2.09. The summed E-state index contributed by atoms with van der Waals surface area (Å²) in [7, 11) is 0. The fourth-order valence-corrected chi connectivity index (χ4v) is 3.03. The van der Waals surface area contributed by atoms with Crippen LogP contribution in [0.5, 0.6) is 5.75 Å². The van der Waals surface area contributed by atoms with Gasteiger partial charge in [-0.25, -0.2) is 0 Å². The Morgan fingerprint density at radius 2 is 1.86 bits per heavy atom. The molecular formula is C21H27N3O5. The number of hydrogen-bond donors (Lipinski definition) is 2. The number of benzene rings is 1. The van der Waals surface area contributed by atoms with Gasteiger partial charge in [0.05, 0.1) is 12.7 Å². The lowest BCUT2D eigenvalue weighted by Crippen LogP contribution is -2.47. The second-order valence-corrected chi connectivity index (χ2v) is 7.02. The maximum absolute atomic E-state index is 12.1. The third kappa shape index (κ3) is 7.11. The zero-order chi connectivity index (χ0) is 21.1. The number of nitrogens with one attached hydrogen (secondary N) is 2. The lowest BCUT2D eigenvalue weighted by atomic mass is 10.00. The van der Waals surface area contributed by atoms with Gasteiger partial charge in [0.15, 0.2) is 6.61 Å². The van der Waals surface area contributed by atoms with Crippen molar-refractivity contribution in [1.29, 1.82) is 5.26 Å². The van der Waals surface area contributed by atoms with E-state index in [2.05, 4.69) is 23.6 Å². The van der Waals surface area contributed by atoms with Crippen molar-refractivity contribution in [3.05, 3.63) is 29.8 Å². The lowest BCUT2D eigenvalue weighted by Gasteiger charge is -2.21. The number of nitriles is 1. The number of amides is 2. The number of hydrogen-bond acceptors (Lipinski definition) is 6. The Kier molecular flexibility index (Phi) is 8.46. The number of rotatable bonds is 10. The third-order valence-electron chi connectivity index (χ3n) is 4.69. The Morgan fingerprint density at radius 3 is 2.48 bits per heavy atom. The molecule has 1 aliphatic carbocycles. The lowest BCUT2D eigenvalue weighted by molar-refractivity contribution is -0.147. The van der Waals surface area contributed by atoms with Gasteiger partial charge in [0.1, 0.15) is 17.8 Å². The summed E-state index contributed by atoms with van der Waals surface area (Å²) in [6.45, 7) is 1.86. The van der Waals surface area contributed by atoms with Crippen molar-refractivity contribution in [2.45, 2.75) is 51.0 Å². The molecule has 0 aliphatic heterocycles. The normalized spacial score (nSPS) is 14.5. The number of ether oxygens (including phenoxy) is 2. The van der Waals surface area contributed by atoms with Gasteiger partial charge >= 0.3 is 5.97 Å². The first-order chi connectivity index (χ1) is 14.0. The van der Waals surface area contributed by atoms with Crippen LogP contribution in [0, 0.1) is 11.3 Å². The molecule has 1 aromatic rings. The van der Waals surface area contributed by atoms with Crippen LogP contribution >= 0.6 is 0 Å². The number of esters is 1. The first kappa shape index (κ1) is 22.2. The highest BCUT2D eigenvalue weighted by Gasteiger charge is 2.35. The first-order valence-electron chi connectivity index (χ1n) is 9.87. The summed E-state index contributed by atoms with van der Waals surface area (Å²) in [6.07, 6.45) is 4.96. The minimum absolute atomic E-state index is 0.357. The van der Waals surface area contributed by atoms with Gasteiger partial charge in [-0.15, -0.1) is 0 Å². The van der Waals surface area contributed by atoms with Crippen LogP contribution in [0.1, 0.15) is 55.8 Å². The molecule has 0 aromatic heterocycles. The summed E-state index contributed by atoms with van der Waals surface area (Å²) in [5, 5.41) is 14.3. The van der Waals surface area contributed by atoms with Crippen LogP contribution in [0.15, 0.2) is 24.3 Å². The van der Waals surface area contributed by atoms with E-state index in [0.717, 1.165) is 25.7 Å². The Balaban J connectivity index is 1.69. The maximum Gasteiger partial charge on any atom is 0.325 e. The average molecular weight is 401 g/mol. The minimum Gasteiger partial charge on any atom is -0.494 e. The van der Waals surface area contributed by atoms with E-state index in [0.29, 0.717) is 30.8 Å². The van der Waals surface area contributed by atoms with Crippen LogP contribution in [0.3, 0.4) is 0 Å². The highest BCUT2D eigenvalue weighted by molar-refractivity contribution is 5.96. The van der Waals surface area contributed by atoms with Crippen molar-refractivity contribution in [2.75, 3.05) is 19.8 Å². The average Bonchev–Trinajstić information content (AvgIpc) is 3.20. The van der Waals surface area contributed by atoms with Crippen LogP contribution < -0.4 is 15.4 Å². The topological polar surface area (TPSA) is 118 Å². The second-order valence-electron chi connectivity index (χ2n) is 7.02. The molecule has 2 N–H and O–H groups in total. The smallest absolute Gasteiger partial charge is 0.325 e. The zero-order valence-electron chi connectivity index (χ0n) is 16.7. The molecule has 1 fully saturated rings. The number of unbranched alkanes of at least 4 members (excludes halogenated alkanes) is 1. The van der Waals surface area contributed by atoms with E-state index in [1.807, 2.05) is 0 Å². The summed E-state index contributed by atoms with van der Waals surface area (Å²) < 4.78 is 10.4. The van der Waals surface area contributed by atoms with E-state index < -0.39 is 29.9 Å². The van der Waals surface area contributed by atoms with E-state index in [1.54, 1.807) is 24.3 Å². The highest BCUT2D eigenvalue weighted by atomic mass is 16.5. The van der Waals surface area contributed by atoms with Crippen molar-refractivity contribution >= 4 is 17.8 Å². The van der Waals surface area contributed by atoms with Crippen LogP contribution in [0.2, 0.25) is 0 Å². The minimum atomic E-state index is -0.857. The summed E-state index contributed by atoms with van der Waals surface area (Å²) >= 11 is 0. The molecule has 1 saturated carbocycles. The van der Waals surface area contributed by atoms with Gasteiger partial charge in [-0.1, -0.05) is 13.3 Å². The molecule has 1 aromatic carbocycles. The van der Waals surface area contributed by atoms with Crippen LogP contribution in [0.4, 0.5) is 0 Å². The highest BCUT2D eigenvalue weighted by Crippen LogP contribution is 2.28.